The standard InChI is InChI=1S/C9H6F6N2O/c10-4-1-2-6(5(16)3-4)17-7(18)8(11,12)9(13,14)15/h1-3H,16H2,(H,17,18). The largest absolute Gasteiger partial charge is 0.463 e. The molecule has 0 radical (unpaired) electrons. The zero-order chi connectivity index (χ0) is 14.1. The van der Waals surface area contributed by atoms with Crippen LogP contribution in [0.15, 0.2) is 18.2 Å². The second-order valence-electron chi connectivity index (χ2n) is 3.26. The number of rotatable bonds is 2. The summed E-state index contributed by atoms with van der Waals surface area (Å²) < 4.78 is 73.3. The fourth-order valence-corrected chi connectivity index (χ4v) is 0.977. The molecule has 0 saturated carbocycles. The number of nitrogens with one attached hydrogen (secondary N) is 1. The third kappa shape index (κ3) is 2.66. The van der Waals surface area contributed by atoms with Crippen LogP contribution in [-0.2, 0) is 4.79 Å². The van der Waals surface area contributed by atoms with Crippen LogP contribution in [0.1, 0.15) is 0 Å². The van der Waals surface area contributed by atoms with Gasteiger partial charge in [-0.05, 0) is 18.2 Å². The van der Waals surface area contributed by atoms with E-state index >= 15 is 0 Å². The van der Waals surface area contributed by atoms with E-state index < -0.39 is 35.2 Å². The highest BCUT2D eigenvalue weighted by Gasteiger charge is 2.63. The van der Waals surface area contributed by atoms with Gasteiger partial charge in [-0.15, -0.1) is 0 Å². The lowest BCUT2D eigenvalue weighted by atomic mass is 10.2. The zero-order valence-corrected chi connectivity index (χ0v) is 8.49. The minimum absolute atomic E-state index is 0.471. The van der Waals surface area contributed by atoms with Crippen molar-refractivity contribution in [3.05, 3.63) is 24.0 Å². The van der Waals surface area contributed by atoms with Gasteiger partial charge in [0.2, 0.25) is 0 Å². The van der Waals surface area contributed by atoms with E-state index in [-0.39, 0.29) is 0 Å². The fourth-order valence-electron chi connectivity index (χ4n) is 0.977. The van der Waals surface area contributed by atoms with Crippen molar-refractivity contribution < 1.29 is 31.1 Å². The highest BCUT2D eigenvalue weighted by atomic mass is 19.4. The molecule has 0 unspecified atom stereocenters. The molecule has 1 rings (SSSR count). The second-order valence-corrected chi connectivity index (χ2v) is 3.26. The maximum atomic E-state index is 12.6. The summed E-state index contributed by atoms with van der Waals surface area (Å²) in [4.78, 5) is 10.8. The number of carbonyl (C=O) groups excluding carboxylic acids is 1. The molecule has 0 aliphatic rings. The molecule has 100 valence electrons. The molecular formula is C9H6F6N2O. The maximum absolute atomic E-state index is 12.6. The first kappa shape index (κ1) is 14.1. The predicted molar refractivity (Wildman–Crippen MR) is 50.4 cm³/mol. The first-order chi connectivity index (χ1) is 8.05. The van der Waals surface area contributed by atoms with Crippen LogP contribution in [0.5, 0.6) is 0 Å². The molecule has 0 spiro atoms. The number of carbonyl (C=O) groups is 1. The van der Waals surface area contributed by atoms with E-state index in [4.69, 9.17) is 5.73 Å². The molecular weight excluding hydrogens is 266 g/mol. The summed E-state index contributed by atoms with van der Waals surface area (Å²) in [6.07, 6.45) is -6.02. The van der Waals surface area contributed by atoms with Crippen molar-refractivity contribution in [2.75, 3.05) is 11.1 Å². The number of amides is 1. The number of hydrogen-bond acceptors (Lipinski definition) is 2. The number of nitrogen functional groups attached to an aromatic ring is 1. The Morgan fingerprint density at radius 1 is 1.17 bits per heavy atom. The van der Waals surface area contributed by atoms with Gasteiger partial charge in [-0.25, -0.2) is 4.39 Å². The molecule has 1 aromatic carbocycles. The third-order valence-electron chi connectivity index (χ3n) is 1.90. The maximum Gasteiger partial charge on any atom is 0.463 e. The molecule has 0 bridgehead atoms. The monoisotopic (exact) mass is 272 g/mol. The number of halogens is 6. The van der Waals surface area contributed by atoms with Gasteiger partial charge in [-0.3, -0.25) is 4.79 Å². The van der Waals surface area contributed by atoms with Crippen LogP contribution in [0.25, 0.3) is 0 Å². The number of anilines is 2. The molecule has 9 heteroatoms. The van der Waals surface area contributed by atoms with Crippen molar-refractivity contribution in [3.63, 3.8) is 0 Å². The topological polar surface area (TPSA) is 55.1 Å². The fraction of sp³-hybridized carbons (Fsp3) is 0.222. The summed E-state index contributed by atoms with van der Waals surface area (Å²) in [5.41, 5.74) is 4.13. The van der Waals surface area contributed by atoms with Crippen LogP contribution in [0.3, 0.4) is 0 Å². The van der Waals surface area contributed by atoms with Crippen LogP contribution in [-0.4, -0.2) is 18.0 Å². The lowest BCUT2D eigenvalue weighted by molar-refractivity contribution is -0.267. The minimum Gasteiger partial charge on any atom is -0.397 e. The molecule has 0 saturated heterocycles. The van der Waals surface area contributed by atoms with Gasteiger partial charge in [0.1, 0.15) is 5.82 Å². The summed E-state index contributed by atoms with van der Waals surface area (Å²) in [6, 6.07) is 2.19. The van der Waals surface area contributed by atoms with E-state index in [1.54, 1.807) is 0 Å². The SMILES string of the molecule is Nc1cc(F)ccc1NC(=O)C(F)(F)C(F)(F)F. The Morgan fingerprint density at radius 2 is 1.72 bits per heavy atom. The molecule has 18 heavy (non-hydrogen) atoms. The zero-order valence-electron chi connectivity index (χ0n) is 8.49. The Bertz CT molecular complexity index is 471. The molecule has 0 aliphatic carbocycles. The van der Waals surface area contributed by atoms with E-state index in [1.165, 1.54) is 5.32 Å². The van der Waals surface area contributed by atoms with E-state index in [0.717, 1.165) is 12.1 Å². The molecule has 0 atom stereocenters. The average molecular weight is 272 g/mol. The summed E-state index contributed by atoms with van der Waals surface area (Å²) in [7, 11) is 0. The molecule has 3 nitrogen and oxygen atoms in total. The van der Waals surface area contributed by atoms with Gasteiger partial charge in [0.25, 0.3) is 0 Å². The lowest BCUT2D eigenvalue weighted by Gasteiger charge is -2.19. The Balaban J connectivity index is 2.95. The van der Waals surface area contributed by atoms with E-state index in [2.05, 4.69) is 0 Å². The molecule has 3 N–H and O–H groups in total. The van der Waals surface area contributed by atoms with Gasteiger partial charge in [0.05, 0.1) is 11.4 Å². The summed E-state index contributed by atoms with van der Waals surface area (Å²) in [6.45, 7) is 0. The minimum atomic E-state index is -6.02. The second kappa shape index (κ2) is 4.39. The van der Waals surface area contributed by atoms with Gasteiger partial charge in [-0.2, -0.15) is 22.0 Å². The highest BCUT2D eigenvalue weighted by molar-refractivity contribution is 5.98. The van der Waals surface area contributed by atoms with E-state index in [1.807, 2.05) is 0 Å². The first-order valence-electron chi connectivity index (χ1n) is 4.36. The molecule has 0 aromatic heterocycles. The van der Waals surface area contributed by atoms with Crippen LogP contribution in [0, 0.1) is 5.82 Å². The molecule has 1 aromatic rings. The Labute approximate surface area is 96.6 Å². The van der Waals surface area contributed by atoms with Crippen LogP contribution in [0.4, 0.5) is 37.7 Å². The molecule has 1 amide bonds. The summed E-state index contributed by atoms with van der Waals surface area (Å²) in [5, 5.41) is 1.28. The summed E-state index contributed by atoms with van der Waals surface area (Å²) in [5.74, 6) is -8.98. The number of nitrogens with two attached hydrogens (primary N) is 1. The normalized spacial score (nSPS) is 12.3. The van der Waals surface area contributed by atoms with Gasteiger partial charge in [0, 0.05) is 0 Å². The number of hydrogen-bond donors (Lipinski definition) is 2. The van der Waals surface area contributed by atoms with Crippen LogP contribution in [0.2, 0.25) is 0 Å². The number of alkyl halides is 5. The van der Waals surface area contributed by atoms with Gasteiger partial charge >= 0.3 is 18.0 Å². The third-order valence-corrected chi connectivity index (χ3v) is 1.90. The smallest absolute Gasteiger partial charge is 0.397 e. The highest BCUT2D eigenvalue weighted by Crippen LogP contribution is 2.36. The van der Waals surface area contributed by atoms with Crippen molar-refractivity contribution in [2.24, 2.45) is 0 Å². The van der Waals surface area contributed by atoms with Crippen molar-refractivity contribution in [1.82, 2.24) is 0 Å². The molecule has 0 aliphatic heterocycles. The summed E-state index contributed by atoms with van der Waals surface area (Å²) >= 11 is 0. The van der Waals surface area contributed by atoms with Gasteiger partial charge < -0.3 is 11.1 Å². The molecule has 0 heterocycles. The Morgan fingerprint density at radius 3 is 2.17 bits per heavy atom. The number of benzene rings is 1. The van der Waals surface area contributed by atoms with E-state index in [9.17, 15) is 31.1 Å². The predicted octanol–water partition coefficient (Wildman–Crippen LogP) is 2.54. The quantitative estimate of drug-likeness (QED) is 0.642. The first-order valence-corrected chi connectivity index (χ1v) is 4.36. The lowest BCUT2D eigenvalue weighted by Crippen LogP contribution is -2.47. The van der Waals surface area contributed by atoms with E-state index in [0.29, 0.717) is 6.07 Å². The Kier molecular flexibility index (Phi) is 3.45. The van der Waals surface area contributed by atoms with Crippen molar-refractivity contribution >= 4 is 17.3 Å². The van der Waals surface area contributed by atoms with Gasteiger partial charge in [0.15, 0.2) is 0 Å². The van der Waals surface area contributed by atoms with Crippen molar-refractivity contribution in [3.8, 4) is 0 Å². The molecule has 0 fully saturated rings. The van der Waals surface area contributed by atoms with Gasteiger partial charge in [-0.1, -0.05) is 0 Å². The van der Waals surface area contributed by atoms with Crippen LogP contribution < -0.4 is 11.1 Å². The van der Waals surface area contributed by atoms with Crippen LogP contribution >= 0.6 is 0 Å². The average Bonchev–Trinajstić information content (AvgIpc) is 2.20. The van der Waals surface area contributed by atoms with Crippen molar-refractivity contribution in [2.45, 2.75) is 12.1 Å². The van der Waals surface area contributed by atoms with Crippen molar-refractivity contribution in [1.29, 1.82) is 0 Å². The Hall–Kier alpha value is -1.93.